The molecule has 1 aliphatic rings. The van der Waals surface area contributed by atoms with Gasteiger partial charge in [-0.25, -0.2) is 0 Å². The summed E-state index contributed by atoms with van der Waals surface area (Å²) >= 11 is 0. The summed E-state index contributed by atoms with van der Waals surface area (Å²) in [6.45, 7) is 25.4. The lowest BCUT2D eigenvalue weighted by Gasteiger charge is -2.28. The van der Waals surface area contributed by atoms with E-state index in [0.29, 0.717) is 30.8 Å². The summed E-state index contributed by atoms with van der Waals surface area (Å²) in [7, 11) is 2.14. The summed E-state index contributed by atoms with van der Waals surface area (Å²) in [5.74, 6) is 2.05. The molecular weight excluding hydrogens is 1030 g/mol. The van der Waals surface area contributed by atoms with E-state index in [4.69, 9.17) is 28.4 Å². The first-order chi connectivity index (χ1) is 40.7. The van der Waals surface area contributed by atoms with Gasteiger partial charge in [0.2, 0.25) is 0 Å². The van der Waals surface area contributed by atoms with Crippen molar-refractivity contribution in [1.82, 2.24) is 4.90 Å². The number of unbranched alkanes of at least 4 members (excludes halogenated alkanes) is 31. The lowest BCUT2D eigenvalue weighted by atomic mass is 9.92. The van der Waals surface area contributed by atoms with Crippen molar-refractivity contribution in [2.75, 3.05) is 66.4 Å². The van der Waals surface area contributed by atoms with Crippen molar-refractivity contribution in [3.05, 3.63) is 12.3 Å². The van der Waals surface area contributed by atoms with Gasteiger partial charge in [0.05, 0.1) is 24.6 Å². The van der Waals surface area contributed by atoms with E-state index < -0.39 is 0 Å². The number of carbonyl (C=O) groups is 2. The highest BCUT2D eigenvalue weighted by Gasteiger charge is 2.18. The van der Waals surface area contributed by atoms with Gasteiger partial charge in [-0.2, -0.15) is 0 Å². The fraction of sp³-hybridized carbons (Fsp3) is 0.946. The molecule has 1 atom stereocenters. The Balaban J connectivity index is 0.00000542. The number of allylic oxidation sites excluding steroid dienone is 1. The van der Waals surface area contributed by atoms with E-state index in [1.165, 1.54) is 205 Å². The van der Waals surface area contributed by atoms with Gasteiger partial charge in [0.15, 0.2) is 0 Å². The van der Waals surface area contributed by atoms with Crippen LogP contribution in [0.4, 0.5) is 0 Å². The largest absolute Gasteiger partial charge is 0.495 e. The van der Waals surface area contributed by atoms with E-state index >= 15 is 0 Å². The molecule has 0 aromatic heterocycles. The van der Waals surface area contributed by atoms with Gasteiger partial charge in [-0.3, -0.25) is 4.79 Å². The van der Waals surface area contributed by atoms with E-state index in [0.717, 1.165) is 168 Å². The van der Waals surface area contributed by atoms with Crippen LogP contribution >= 0.6 is 0 Å². The predicted octanol–water partition coefficient (Wildman–Crippen LogP) is 22.0. The second kappa shape index (κ2) is 66.4. The molecule has 0 aliphatic carbocycles. The number of carbonyl (C=O) groups excluding carboxylic acids is 2. The molecule has 1 unspecified atom stereocenters. The number of piperidine rings is 1. The minimum absolute atomic E-state index is 0.0226. The number of esters is 1. The molecule has 9 nitrogen and oxygen atoms in total. The van der Waals surface area contributed by atoms with Gasteiger partial charge in [-0.1, -0.05) is 208 Å². The van der Waals surface area contributed by atoms with Gasteiger partial charge in [0.1, 0.15) is 11.9 Å². The maximum Gasteiger partial charge on any atom is 0.306 e. The molecule has 0 aromatic carbocycles. The van der Waals surface area contributed by atoms with E-state index in [-0.39, 0.29) is 18.2 Å². The molecule has 0 radical (unpaired) electrons. The Morgan fingerprint density at radius 2 is 0.747 bits per heavy atom. The Bertz CT molecular complexity index is 1290. The van der Waals surface area contributed by atoms with Crippen LogP contribution in [0.2, 0.25) is 0 Å². The first-order valence-corrected chi connectivity index (χ1v) is 36.7. The average Bonchev–Trinajstić information content (AvgIpc) is 3.47. The first-order valence-electron chi connectivity index (χ1n) is 36.7. The third-order valence-electron chi connectivity index (χ3n) is 17.0. The predicted molar refractivity (Wildman–Crippen MR) is 357 cm³/mol. The third kappa shape index (κ3) is 61.9. The Morgan fingerprint density at radius 3 is 1.22 bits per heavy atom. The molecule has 9 heteroatoms. The molecular formula is C74H145NO8. The van der Waals surface area contributed by atoms with E-state index in [1.54, 1.807) is 6.92 Å². The molecule has 83 heavy (non-hydrogen) atoms. The van der Waals surface area contributed by atoms with E-state index in [2.05, 4.69) is 53.1 Å². The number of Topliss-reactive ketones (excluding diaryl/α,β-unsaturated/α-hetero) is 1. The fourth-order valence-corrected chi connectivity index (χ4v) is 11.5. The first kappa shape index (κ1) is 81.5. The topological polar surface area (TPSA) is 92.8 Å². The lowest BCUT2D eigenvalue weighted by molar-refractivity contribution is -0.150. The molecule has 0 aromatic rings. The minimum atomic E-state index is 0.0226. The number of ketones is 1. The zero-order chi connectivity index (χ0) is 60.6. The molecule has 1 heterocycles. The van der Waals surface area contributed by atoms with Crippen molar-refractivity contribution in [2.24, 2.45) is 5.92 Å². The van der Waals surface area contributed by atoms with E-state index in [1.807, 2.05) is 0 Å². The number of likely N-dealkylation sites (tertiary alicyclic amines) is 1. The number of hydrogen-bond donors (Lipinski definition) is 0. The fourth-order valence-electron chi connectivity index (χ4n) is 11.5. The van der Waals surface area contributed by atoms with Crippen molar-refractivity contribution < 1.29 is 38.0 Å². The van der Waals surface area contributed by atoms with Gasteiger partial charge in [0, 0.05) is 58.9 Å². The quantitative estimate of drug-likeness (QED) is 0.0335. The molecule has 0 spiro atoms. The second-order valence-corrected chi connectivity index (χ2v) is 25.7. The van der Waals surface area contributed by atoms with Crippen LogP contribution in [0.3, 0.4) is 0 Å². The molecule has 494 valence electrons. The Hall–Kier alpha value is -1.52. The Kier molecular flexibility index (Phi) is 65.2. The highest BCUT2D eigenvalue weighted by Crippen LogP contribution is 2.23. The molecule has 0 N–H and O–H groups in total. The van der Waals surface area contributed by atoms with Crippen LogP contribution in [0, 0.1) is 5.92 Å². The highest BCUT2D eigenvalue weighted by atomic mass is 16.5. The average molecular weight is 1180 g/mol. The summed E-state index contributed by atoms with van der Waals surface area (Å²) in [6, 6.07) is 0. The van der Waals surface area contributed by atoms with Crippen LogP contribution < -0.4 is 0 Å². The highest BCUT2D eigenvalue weighted by molar-refractivity contribution is 5.75. The molecule has 0 saturated carbocycles. The van der Waals surface area contributed by atoms with Crippen LogP contribution in [0.1, 0.15) is 363 Å². The SMILES string of the molecule is C=C(CCCCCCCOC(CCCCOCCCCCOCCC)COCCCCCCCC(=O)OC(CCCCCCCC)CCCCCCCC)OC(CCCCCCCC)CCCCCCCC.CC(=O)CC1CCN(C)CC1. The smallest absolute Gasteiger partial charge is 0.306 e. The lowest BCUT2D eigenvalue weighted by Crippen LogP contribution is -2.30. The second-order valence-electron chi connectivity index (χ2n) is 25.7. The van der Waals surface area contributed by atoms with Crippen LogP contribution in [0.15, 0.2) is 12.3 Å². The molecule has 1 aliphatic heterocycles. The molecule has 1 fully saturated rings. The maximum atomic E-state index is 12.9. The van der Waals surface area contributed by atoms with Crippen molar-refractivity contribution in [3.8, 4) is 0 Å². The summed E-state index contributed by atoms with van der Waals surface area (Å²) in [5.41, 5.74) is 0. The van der Waals surface area contributed by atoms with Crippen molar-refractivity contribution >= 4 is 11.8 Å². The van der Waals surface area contributed by atoms with E-state index in [9.17, 15) is 9.59 Å². The summed E-state index contributed by atoms with van der Waals surface area (Å²) in [6.07, 6.45) is 60.4. The minimum Gasteiger partial charge on any atom is -0.495 e. The van der Waals surface area contributed by atoms with Gasteiger partial charge in [-0.15, -0.1) is 0 Å². The normalized spacial score (nSPS) is 13.5. The van der Waals surface area contributed by atoms with Crippen molar-refractivity contribution in [1.29, 1.82) is 0 Å². The van der Waals surface area contributed by atoms with Crippen LogP contribution in [0.5, 0.6) is 0 Å². The van der Waals surface area contributed by atoms with Crippen LogP contribution in [0.25, 0.3) is 0 Å². The van der Waals surface area contributed by atoms with Gasteiger partial charge in [-0.05, 0) is 168 Å². The van der Waals surface area contributed by atoms with Gasteiger partial charge in [0.25, 0.3) is 0 Å². The van der Waals surface area contributed by atoms with Crippen molar-refractivity contribution in [3.63, 3.8) is 0 Å². The summed E-state index contributed by atoms with van der Waals surface area (Å²) in [4.78, 5) is 26.0. The Labute approximate surface area is 517 Å². The van der Waals surface area contributed by atoms with Crippen LogP contribution in [-0.2, 0) is 38.0 Å². The standard InChI is InChI=1S/C65H128O7.C9H17NO/c1-7-12-16-20-27-36-48-62(49-37-28-21-17-13-8-2)71-61(6)47-35-26-24-33-45-59-70-64(52-41-46-57-68-56-44-34-43-55-67-54-11-5)60-69-58-42-32-25-31-40-53-65(66)72-63(50-38-29-22-18-14-9-3)51-39-30-23-19-15-10-4;1-8(11)7-9-3-5-10(2)6-4-9/h62-64H,6-60H2,1-5H3;9H,3-7H2,1-2H3. The zero-order valence-electron chi connectivity index (χ0n) is 56.9. The monoisotopic (exact) mass is 1180 g/mol. The molecule has 0 bridgehead atoms. The van der Waals surface area contributed by atoms with Gasteiger partial charge < -0.3 is 38.1 Å². The van der Waals surface area contributed by atoms with Crippen LogP contribution in [-0.4, -0.2) is 101 Å². The maximum absolute atomic E-state index is 12.9. The summed E-state index contributed by atoms with van der Waals surface area (Å²) < 4.78 is 36.9. The third-order valence-corrected chi connectivity index (χ3v) is 17.0. The molecule has 1 saturated heterocycles. The number of ether oxygens (including phenoxy) is 6. The number of hydrogen-bond acceptors (Lipinski definition) is 9. The Morgan fingerprint density at radius 1 is 0.398 bits per heavy atom. The molecule has 1 rings (SSSR count). The number of nitrogens with zero attached hydrogens (tertiary/aromatic N) is 1. The van der Waals surface area contributed by atoms with Gasteiger partial charge >= 0.3 is 5.97 Å². The molecule has 0 amide bonds. The zero-order valence-corrected chi connectivity index (χ0v) is 56.9. The number of rotatable bonds is 65. The summed E-state index contributed by atoms with van der Waals surface area (Å²) in [5, 5.41) is 0. The van der Waals surface area contributed by atoms with Crippen molar-refractivity contribution in [2.45, 2.75) is 381 Å².